The number of hydrogen-bond acceptors (Lipinski definition) is 4. The fourth-order valence-electron chi connectivity index (χ4n) is 3.41. The summed E-state index contributed by atoms with van der Waals surface area (Å²) < 4.78 is 40.8. The van der Waals surface area contributed by atoms with Gasteiger partial charge in [0.1, 0.15) is 0 Å². The summed E-state index contributed by atoms with van der Waals surface area (Å²) in [6.07, 6.45) is 3.45. The molecule has 1 unspecified atom stereocenters. The van der Waals surface area contributed by atoms with Crippen LogP contribution in [0, 0.1) is 0 Å². The third-order valence-corrected chi connectivity index (χ3v) is 5.74. The average Bonchev–Trinajstić information content (AvgIpc) is 3.37. The number of carbonyl (C=O) groups excluding carboxylic acids is 1. The molecule has 0 spiro atoms. The molecule has 212 valence electrons. The smallest absolute Gasteiger partial charge is 0.335 e. The Morgan fingerprint density at radius 3 is 2.33 bits per heavy atom. The van der Waals surface area contributed by atoms with Crippen LogP contribution in [-0.4, -0.2) is 26.5 Å². The molecular formula is C25H22Cl4F3N7O. The number of aliphatic imine (C=N–C) groups is 1. The summed E-state index contributed by atoms with van der Waals surface area (Å²) in [7, 11) is 0. The third kappa shape index (κ3) is 9.30. The van der Waals surface area contributed by atoms with Crippen molar-refractivity contribution in [3.8, 4) is 0 Å². The number of imidazole rings is 1. The number of amides is 2. The highest BCUT2D eigenvalue weighted by molar-refractivity contribution is 6.35. The number of urea groups is 1. The zero-order valence-electron chi connectivity index (χ0n) is 20.3. The number of pyridine rings is 1. The number of benzene rings is 2. The Bertz CT molecular complexity index is 1400. The standard InChI is InChI=1S/C25H20Cl2F3N7O.2ClH/c26-17-5-8-20(21(27)12-17)22(14-37-11-10-32-15-37)35-23(36-24(38)34-19-2-1-9-31-13-19)33-18-6-3-16(4-7-18)25(28,29)30;;/h1-13,15,22H,14H2,(H3,33,34,35,36,38);2*1H. The lowest BCUT2D eigenvalue weighted by Crippen LogP contribution is -2.39. The number of rotatable bonds is 6. The number of hydrogen-bond donors (Lipinski definition) is 3. The van der Waals surface area contributed by atoms with E-state index in [1.165, 1.54) is 18.3 Å². The fourth-order valence-corrected chi connectivity index (χ4v) is 3.95. The van der Waals surface area contributed by atoms with Gasteiger partial charge in [0.15, 0.2) is 0 Å². The zero-order valence-corrected chi connectivity index (χ0v) is 23.4. The van der Waals surface area contributed by atoms with Gasteiger partial charge < -0.3 is 15.2 Å². The summed E-state index contributed by atoms with van der Waals surface area (Å²) in [5.74, 6) is -0.0396. The molecule has 2 aromatic heterocycles. The Balaban J connectivity index is 0.00000280. The van der Waals surface area contributed by atoms with E-state index in [0.717, 1.165) is 12.1 Å². The molecule has 15 heteroatoms. The van der Waals surface area contributed by atoms with Gasteiger partial charge in [-0.3, -0.25) is 10.3 Å². The first-order valence-corrected chi connectivity index (χ1v) is 11.8. The average molecular weight is 635 g/mol. The first-order chi connectivity index (χ1) is 18.2. The molecule has 0 saturated carbocycles. The quantitative estimate of drug-likeness (QED) is 0.151. The van der Waals surface area contributed by atoms with Crippen LogP contribution >= 0.6 is 48.0 Å². The van der Waals surface area contributed by atoms with E-state index in [0.29, 0.717) is 21.3 Å². The molecule has 4 rings (SSSR count). The minimum atomic E-state index is -4.49. The minimum absolute atomic E-state index is 0. The van der Waals surface area contributed by atoms with Crippen molar-refractivity contribution in [3.05, 3.63) is 107 Å². The molecule has 3 N–H and O–H groups in total. The number of nitrogens with one attached hydrogen (secondary N) is 3. The highest BCUT2D eigenvalue weighted by atomic mass is 35.5. The van der Waals surface area contributed by atoms with Crippen LogP contribution in [-0.2, 0) is 12.7 Å². The van der Waals surface area contributed by atoms with Gasteiger partial charge in [-0.05, 0) is 54.1 Å². The van der Waals surface area contributed by atoms with Crippen molar-refractivity contribution in [3.63, 3.8) is 0 Å². The van der Waals surface area contributed by atoms with Crippen LogP contribution in [0.15, 0.2) is 90.7 Å². The van der Waals surface area contributed by atoms with Gasteiger partial charge in [-0.2, -0.15) is 13.2 Å². The maximum Gasteiger partial charge on any atom is 0.416 e. The lowest BCUT2D eigenvalue weighted by molar-refractivity contribution is -0.137. The molecule has 0 aliphatic carbocycles. The van der Waals surface area contributed by atoms with Gasteiger partial charge in [-0.1, -0.05) is 29.3 Å². The summed E-state index contributed by atoms with van der Waals surface area (Å²) >= 11 is 12.5. The third-order valence-electron chi connectivity index (χ3n) is 5.18. The lowest BCUT2D eigenvalue weighted by atomic mass is 10.1. The van der Waals surface area contributed by atoms with Crippen molar-refractivity contribution in [2.75, 3.05) is 10.6 Å². The minimum Gasteiger partial charge on any atom is -0.335 e. The van der Waals surface area contributed by atoms with Crippen molar-refractivity contribution >= 4 is 71.4 Å². The topological polar surface area (TPSA) is 96.2 Å². The van der Waals surface area contributed by atoms with Gasteiger partial charge in [0.05, 0.1) is 36.4 Å². The molecule has 0 aliphatic heterocycles. The maximum atomic E-state index is 13.0. The van der Waals surface area contributed by atoms with Gasteiger partial charge in [0.25, 0.3) is 0 Å². The van der Waals surface area contributed by atoms with E-state index in [1.54, 1.807) is 59.8 Å². The van der Waals surface area contributed by atoms with Crippen molar-refractivity contribution < 1.29 is 18.0 Å². The second kappa shape index (κ2) is 14.8. The van der Waals surface area contributed by atoms with E-state index in [4.69, 9.17) is 23.2 Å². The van der Waals surface area contributed by atoms with E-state index in [2.05, 4.69) is 30.9 Å². The molecule has 1 atom stereocenters. The zero-order chi connectivity index (χ0) is 27.1. The van der Waals surface area contributed by atoms with E-state index in [9.17, 15) is 18.0 Å². The first kappa shape index (κ1) is 32.7. The molecule has 8 nitrogen and oxygen atoms in total. The number of nitrogens with zero attached hydrogens (tertiary/aromatic N) is 4. The summed E-state index contributed by atoms with van der Waals surface area (Å²) in [5.41, 5.74) is 0.484. The van der Waals surface area contributed by atoms with Gasteiger partial charge >= 0.3 is 12.2 Å². The van der Waals surface area contributed by atoms with Crippen LogP contribution in [0.3, 0.4) is 0 Å². The van der Waals surface area contributed by atoms with Crippen LogP contribution in [0.1, 0.15) is 17.2 Å². The van der Waals surface area contributed by atoms with Gasteiger partial charge in [-0.25, -0.2) is 14.8 Å². The van der Waals surface area contributed by atoms with E-state index in [-0.39, 0.29) is 43.0 Å². The maximum absolute atomic E-state index is 13.0. The van der Waals surface area contributed by atoms with Crippen LogP contribution in [0.4, 0.5) is 29.3 Å². The summed E-state index contributed by atoms with van der Waals surface area (Å²) in [5, 5.41) is 8.90. The molecule has 4 aromatic rings. The molecule has 2 aromatic carbocycles. The summed E-state index contributed by atoms with van der Waals surface area (Å²) in [6, 6.07) is 11.2. The first-order valence-electron chi connectivity index (χ1n) is 11.1. The molecule has 0 radical (unpaired) electrons. The number of aromatic nitrogens is 3. The van der Waals surface area contributed by atoms with E-state index in [1.807, 2.05) is 0 Å². The van der Waals surface area contributed by atoms with E-state index >= 15 is 0 Å². The Morgan fingerprint density at radius 2 is 1.73 bits per heavy atom. The number of carbonyl (C=O) groups is 1. The molecule has 0 saturated heterocycles. The predicted molar refractivity (Wildman–Crippen MR) is 155 cm³/mol. The normalized spacial score (nSPS) is 12.0. The monoisotopic (exact) mass is 633 g/mol. The van der Waals surface area contributed by atoms with Crippen molar-refractivity contribution in [1.29, 1.82) is 0 Å². The van der Waals surface area contributed by atoms with Crippen LogP contribution in [0.2, 0.25) is 10.0 Å². The molecular weight excluding hydrogens is 613 g/mol. The number of alkyl halides is 3. The molecule has 0 fully saturated rings. The Labute approximate surface area is 249 Å². The van der Waals surface area contributed by atoms with E-state index < -0.39 is 23.8 Å². The second-order valence-corrected chi connectivity index (χ2v) is 8.78. The largest absolute Gasteiger partial charge is 0.416 e. The van der Waals surface area contributed by atoms with Crippen molar-refractivity contribution in [1.82, 2.24) is 19.9 Å². The summed E-state index contributed by atoms with van der Waals surface area (Å²) in [4.78, 5) is 25.4. The number of halogens is 7. The molecule has 2 heterocycles. The number of anilines is 2. The Hall–Kier alpha value is -3.51. The van der Waals surface area contributed by atoms with Gasteiger partial charge in [0.2, 0.25) is 5.96 Å². The van der Waals surface area contributed by atoms with Crippen LogP contribution in [0.5, 0.6) is 0 Å². The van der Waals surface area contributed by atoms with Gasteiger partial charge in [0, 0.05) is 34.3 Å². The molecule has 2 amide bonds. The highest BCUT2D eigenvalue weighted by Crippen LogP contribution is 2.31. The Kier molecular flexibility index (Phi) is 12.1. The summed E-state index contributed by atoms with van der Waals surface area (Å²) in [6.45, 7) is 0.283. The van der Waals surface area contributed by atoms with Crippen LogP contribution in [0.25, 0.3) is 0 Å². The molecule has 40 heavy (non-hydrogen) atoms. The van der Waals surface area contributed by atoms with Crippen molar-refractivity contribution in [2.45, 2.75) is 18.8 Å². The fraction of sp³-hybridized carbons (Fsp3) is 0.120. The highest BCUT2D eigenvalue weighted by Gasteiger charge is 2.30. The second-order valence-electron chi connectivity index (χ2n) is 7.94. The van der Waals surface area contributed by atoms with Crippen molar-refractivity contribution in [2.24, 2.45) is 4.99 Å². The SMILES string of the molecule is Cl.Cl.O=C(NC(=NC(Cn1ccnc1)c1ccc(Cl)cc1Cl)Nc1ccc(C(F)(F)F)cc1)Nc1cccnc1. The van der Waals surface area contributed by atoms with Gasteiger partial charge in [-0.15, -0.1) is 24.8 Å². The predicted octanol–water partition coefficient (Wildman–Crippen LogP) is 7.48. The Morgan fingerprint density at radius 1 is 0.975 bits per heavy atom. The number of guanidine groups is 1. The molecule has 0 bridgehead atoms. The van der Waals surface area contributed by atoms with Crippen LogP contribution < -0.4 is 16.0 Å². The molecule has 0 aliphatic rings. The lowest BCUT2D eigenvalue weighted by Gasteiger charge is -2.19.